The summed E-state index contributed by atoms with van der Waals surface area (Å²) in [5.74, 6) is -2.15. The van der Waals surface area contributed by atoms with Crippen molar-refractivity contribution in [3.8, 4) is 67.5 Å². The summed E-state index contributed by atoms with van der Waals surface area (Å²) in [5, 5.41) is 0. The highest BCUT2D eigenvalue weighted by atomic mass is 16.5. The van der Waals surface area contributed by atoms with Crippen LogP contribution >= 0.6 is 0 Å². The summed E-state index contributed by atoms with van der Waals surface area (Å²) in [6.07, 6.45) is 1.99. The summed E-state index contributed by atoms with van der Waals surface area (Å²) in [6.45, 7) is 27.4. The summed E-state index contributed by atoms with van der Waals surface area (Å²) in [5.41, 5.74) is 15.0. The Bertz CT molecular complexity index is 3610. The maximum absolute atomic E-state index is 9.84. The van der Waals surface area contributed by atoms with Gasteiger partial charge >= 0.3 is 11.7 Å². The largest absolute Gasteiger partial charge is 0.499 e. The average molecular weight is 860 g/mol. The smallest absolute Gasteiger partial charge is 0.392 e. The number of para-hydroxylation sites is 1. The maximum atomic E-state index is 9.84. The number of pyridine rings is 1. The molecule has 0 fully saturated rings. The van der Waals surface area contributed by atoms with Gasteiger partial charge in [0, 0.05) is 31.6 Å². The Labute approximate surface area is 394 Å². The van der Waals surface area contributed by atoms with Crippen molar-refractivity contribution in [1.29, 1.82) is 0 Å². The van der Waals surface area contributed by atoms with E-state index in [-0.39, 0.29) is 46.0 Å². The van der Waals surface area contributed by atoms with E-state index in [4.69, 9.17) is 7.48 Å². The molecule has 0 saturated heterocycles. The van der Waals surface area contributed by atoms with Crippen LogP contribution in [0, 0.1) is 12.3 Å². The fraction of sp³-hybridized carbons (Fsp3) is 0.311. The minimum Gasteiger partial charge on any atom is -0.392 e. The number of fused-ring (bicyclic) bond motifs is 5. The molecule has 0 radical (unpaired) electrons. The molecule has 4 heteroatoms. The van der Waals surface area contributed by atoms with Crippen molar-refractivity contribution >= 4 is 11.0 Å². The number of imidazole rings is 1. The number of rotatable bonds is 6. The molecule has 0 saturated carbocycles. The molecule has 3 aliphatic heterocycles. The summed E-state index contributed by atoms with van der Waals surface area (Å²) in [7, 11) is 0. The number of nitrogens with zero attached hydrogens (tertiary/aromatic N) is 3. The van der Waals surface area contributed by atoms with Gasteiger partial charge in [-0.05, 0) is 116 Å². The Balaban J connectivity index is 1.36. The first kappa shape index (κ1) is 35.1. The van der Waals surface area contributed by atoms with Gasteiger partial charge in [0.15, 0.2) is 23.0 Å². The zero-order valence-corrected chi connectivity index (χ0v) is 40.1. The molecule has 326 valence electrons. The number of hydrogen-bond donors (Lipinski definition) is 0. The van der Waals surface area contributed by atoms with E-state index in [1.54, 1.807) is 6.92 Å². The molecule has 0 bridgehead atoms. The SMILES string of the molecule is [2H]c1c([2H])c(-c2cc[n+]3c(c2)-c2cc(C(C)(C)C)cc4c2C32Oc3c(cc(C([2H])(C)C)cc3C([2H])(C)C)-c3n(-c5ccc(C(C)(C)C(C)(C)C)cc5-c5ccccc5)c5cccc-4c5[n+]32)c([2H])c([2H])c1C. The minimum atomic E-state index is -1.39. The van der Waals surface area contributed by atoms with E-state index in [1.165, 1.54) is 5.56 Å². The van der Waals surface area contributed by atoms with E-state index < -0.39 is 17.6 Å². The quantitative estimate of drug-likeness (QED) is 0.153. The highest BCUT2D eigenvalue weighted by Gasteiger charge is 2.69. The summed E-state index contributed by atoms with van der Waals surface area (Å²) in [4.78, 5) is 0. The summed E-state index contributed by atoms with van der Waals surface area (Å²) < 4.78 is 70.2. The Kier molecular flexibility index (Phi) is 7.48. The minimum absolute atomic E-state index is 0.0495. The van der Waals surface area contributed by atoms with Gasteiger partial charge in [-0.3, -0.25) is 0 Å². The van der Waals surface area contributed by atoms with Crippen LogP contribution in [0.5, 0.6) is 5.75 Å². The van der Waals surface area contributed by atoms with Crippen LogP contribution in [0.1, 0.15) is 136 Å². The molecule has 1 unspecified atom stereocenters. The van der Waals surface area contributed by atoms with Crippen molar-refractivity contribution in [3.63, 3.8) is 0 Å². The van der Waals surface area contributed by atoms with Gasteiger partial charge in [-0.25, -0.2) is 0 Å². The van der Waals surface area contributed by atoms with Gasteiger partial charge in [-0.15, -0.1) is 9.13 Å². The molecule has 11 rings (SSSR count). The first-order valence-corrected chi connectivity index (χ1v) is 23.1. The van der Waals surface area contributed by atoms with Crippen LogP contribution in [0.15, 0.2) is 133 Å². The van der Waals surface area contributed by atoms with E-state index in [0.29, 0.717) is 22.4 Å². The van der Waals surface area contributed by atoms with Crippen LogP contribution in [-0.4, -0.2) is 4.57 Å². The second-order valence-electron chi connectivity index (χ2n) is 21.6. The lowest BCUT2D eigenvalue weighted by Gasteiger charge is -2.39. The van der Waals surface area contributed by atoms with Crippen molar-refractivity contribution in [2.45, 2.75) is 118 Å². The van der Waals surface area contributed by atoms with Crippen LogP contribution in [-0.2, 0) is 16.7 Å². The third-order valence-corrected chi connectivity index (χ3v) is 15.0. The molecule has 2 aromatic heterocycles. The van der Waals surface area contributed by atoms with Gasteiger partial charge in [0.2, 0.25) is 5.69 Å². The summed E-state index contributed by atoms with van der Waals surface area (Å²) >= 11 is 0. The summed E-state index contributed by atoms with van der Waals surface area (Å²) in [6, 6.07) is 36.5. The Morgan fingerprint density at radius 2 is 1.35 bits per heavy atom. The topological polar surface area (TPSA) is 21.9 Å². The Hall–Kier alpha value is -6.26. The van der Waals surface area contributed by atoms with E-state index >= 15 is 0 Å². The molecular weight excluding hydrogens is 791 g/mol. The van der Waals surface area contributed by atoms with Crippen molar-refractivity contribution in [2.75, 3.05) is 0 Å². The van der Waals surface area contributed by atoms with E-state index in [2.05, 4.69) is 154 Å². The first-order valence-electron chi connectivity index (χ1n) is 26.1. The molecule has 3 aliphatic rings. The van der Waals surface area contributed by atoms with Gasteiger partial charge in [-0.1, -0.05) is 161 Å². The monoisotopic (exact) mass is 860 g/mol. The molecule has 8 aromatic rings. The predicted molar refractivity (Wildman–Crippen MR) is 268 cm³/mol. The van der Waals surface area contributed by atoms with Gasteiger partial charge in [0.05, 0.1) is 11.0 Å². The highest BCUT2D eigenvalue weighted by molar-refractivity contribution is 5.98. The molecule has 5 heterocycles. The average Bonchev–Trinajstić information content (AvgIpc) is 3.80. The third-order valence-electron chi connectivity index (χ3n) is 15.0. The van der Waals surface area contributed by atoms with Crippen LogP contribution in [0.3, 0.4) is 0 Å². The van der Waals surface area contributed by atoms with E-state index in [9.17, 15) is 5.48 Å². The normalized spacial score (nSPS) is 17.6. The van der Waals surface area contributed by atoms with Crippen LogP contribution in [0.25, 0.3) is 72.7 Å². The fourth-order valence-electron chi connectivity index (χ4n) is 10.3. The zero-order chi connectivity index (χ0) is 51.0. The van der Waals surface area contributed by atoms with E-state index in [0.717, 1.165) is 78.3 Å². The number of hydrogen-bond acceptors (Lipinski definition) is 1. The lowest BCUT2D eigenvalue weighted by Crippen LogP contribution is -2.78. The molecule has 1 spiro atoms. The number of aromatic nitrogens is 3. The number of benzene rings is 6. The highest BCUT2D eigenvalue weighted by Crippen LogP contribution is 2.56. The van der Waals surface area contributed by atoms with Gasteiger partial charge in [-0.2, -0.15) is 4.57 Å². The molecule has 6 aromatic carbocycles. The number of ether oxygens (including phenoxy) is 1. The Morgan fingerprint density at radius 3 is 2.03 bits per heavy atom. The standard InChI is InChI=1S/C61H63N3O/c1-36(2)42-30-46(37(3)4)56-50(31-42)57-63(51-27-26-43(60(12,13)59(9,10)11)33-47(51)40-18-15-14-16-19-40)52-21-17-20-45-48-34-44(58(6,7)8)35-49-53-32-41(39-24-22-38(5)23-25-39)28-29-62(53)61(65-56,54(48)49)64(57)55(45)52/h14-37H,1-13H3/q+2/i22D,23D,24D,25D,36D,37D. The first-order chi connectivity index (χ1) is 33.1. The molecule has 1 atom stereocenters. The van der Waals surface area contributed by atoms with Crippen LogP contribution < -0.4 is 13.9 Å². The van der Waals surface area contributed by atoms with Gasteiger partial charge < -0.3 is 4.74 Å². The predicted octanol–water partition coefficient (Wildman–Crippen LogP) is 14.9. The van der Waals surface area contributed by atoms with Crippen molar-refractivity contribution in [3.05, 3.63) is 167 Å². The lowest BCUT2D eigenvalue weighted by atomic mass is 9.65. The second-order valence-corrected chi connectivity index (χ2v) is 21.6. The fourth-order valence-corrected chi connectivity index (χ4v) is 10.3. The van der Waals surface area contributed by atoms with Crippen LogP contribution in [0.4, 0.5) is 0 Å². The van der Waals surface area contributed by atoms with Crippen molar-refractivity contribution < 1.29 is 22.1 Å². The second kappa shape index (κ2) is 13.9. The van der Waals surface area contributed by atoms with Gasteiger partial charge in [0.25, 0.3) is 0 Å². The van der Waals surface area contributed by atoms with Crippen molar-refractivity contribution in [2.24, 2.45) is 5.41 Å². The van der Waals surface area contributed by atoms with Gasteiger partial charge in [0.1, 0.15) is 16.8 Å². The van der Waals surface area contributed by atoms with E-state index in [1.807, 2.05) is 52.1 Å². The Morgan fingerprint density at radius 1 is 0.646 bits per heavy atom. The third kappa shape index (κ3) is 5.81. The maximum Gasteiger partial charge on any atom is 0.499 e. The molecule has 65 heavy (non-hydrogen) atoms. The molecule has 0 amide bonds. The molecule has 0 aliphatic carbocycles. The molecule has 4 nitrogen and oxygen atoms in total. The zero-order valence-electron chi connectivity index (χ0n) is 46.1. The molecular formula is C61H63N3O+2. The lowest BCUT2D eigenvalue weighted by molar-refractivity contribution is -0.997. The van der Waals surface area contributed by atoms with Crippen molar-refractivity contribution in [1.82, 2.24) is 4.57 Å². The van der Waals surface area contributed by atoms with Crippen LogP contribution in [0.2, 0.25) is 0 Å². The molecule has 0 N–H and O–H groups in total.